The SMILES string of the molecule is CC(C)(C)OC(=O)NC1Cc2ccccc2[C@H]1CSCCO. The second-order valence-corrected chi connectivity index (χ2v) is 7.71. The molecule has 0 aromatic heterocycles. The number of carbonyl (C=O) groups is 1. The average Bonchev–Trinajstić information content (AvgIpc) is 2.75. The standard InChI is InChI=1S/C17H25NO3S/c1-17(2,3)21-16(20)18-15-10-12-6-4-5-7-13(12)14(15)11-22-9-8-19/h4-7,14-15,19H,8-11H2,1-3H3,(H,18,20)/t14-,15?/m1/s1. The molecule has 2 N–H and O–H groups in total. The number of hydrogen-bond donors (Lipinski definition) is 2. The van der Waals surface area contributed by atoms with Crippen LogP contribution in [0.1, 0.15) is 37.8 Å². The van der Waals surface area contributed by atoms with Crippen LogP contribution in [0.15, 0.2) is 24.3 Å². The van der Waals surface area contributed by atoms with Crippen LogP contribution < -0.4 is 5.32 Å². The highest BCUT2D eigenvalue weighted by Crippen LogP contribution is 2.35. The van der Waals surface area contributed by atoms with Crippen molar-refractivity contribution in [2.24, 2.45) is 0 Å². The molecule has 2 rings (SSSR count). The molecule has 0 radical (unpaired) electrons. The molecule has 1 unspecified atom stereocenters. The number of benzene rings is 1. The molecular formula is C17H25NO3S. The first kappa shape index (κ1) is 17.2. The Morgan fingerprint density at radius 3 is 2.82 bits per heavy atom. The smallest absolute Gasteiger partial charge is 0.407 e. The van der Waals surface area contributed by atoms with Gasteiger partial charge in [0.05, 0.1) is 6.61 Å². The Morgan fingerprint density at radius 1 is 1.41 bits per heavy atom. The average molecular weight is 323 g/mol. The fourth-order valence-corrected chi connectivity index (χ4v) is 3.73. The molecule has 1 aromatic rings. The Hall–Kier alpha value is -1.20. The number of ether oxygens (including phenoxy) is 1. The van der Waals surface area contributed by atoms with Crippen molar-refractivity contribution in [1.82, 2.24) is 5.32 Å². The van der Waals surface area contributed by atoms with Gasteiger partial charge >= 0.3 is 6.09 Å². The zero-order valence-corrected chi connectivity index (χ0v) is 14.3. The van der Waals surface area contributed by atoms with Crippen LogP contribution in [-0.4, -0.2) is 41.0 Å². The number of aliphatic hydroxyl groups excluding tert-OH is 1. The summed E-state index contributed by atoms with van der Waals surface area (Å²) in [5.74, 6) is 1.87. The van der Waals surface area contributed by atoms with Gasteiger partial charge in [-0.3, -0.25) is 0 Å². The number of amides is 1. The molecule has 5 heteroatoms. The second kappa shape index (κ2) is 7.38. The van der Waals surface area contributed by atoms with Gasteiger partial charge in [0, 0.05) is 23.5 Å². The summed E-state index contributed by atoms with van der Waals surface area (Å²) in [7, 11) is 0. The van der Waals surface area contributed by atoms with E-state index in [0.29, 0.717) is 0 Å². The van der Waals surface area contributed by atoms with Crippen LogP contribution in [0.3, 0.4) is 0 Å². The zero-order chi connectivity index (χ0) is 16.2. The Kier molecular flexibility index (Phi) is 5.75. The van der Waals surface area contributed by atoms with Crippen molar-refractivity contribution in [1.29, 1.82) is 0 Å². The molecule has 0 fully saturated rings. The monoisotopic (exact) mass is 323 g/mol. The van der Waals surface area contributed by atoms with Crippen molar-refractivity contribution >= 4 is 17.9 Å². The maximum absolute atomic E-state index is 12.1. The van der Waals surface area contributed by atoms with E-state index >= 15 is 0 Å². The van der Waals surface area contributed by atoms with Crippen LogP contribution in [0, 0.1) is 0 Å². The minimum absolute atomic E-state index is 0.0541. The zero-order valence-electron chi connectivity index (χ0n) is 13.5. The number of fused-ring (bicyclic) bond motifs is 1. The highest BCUT2D eigenvalue weighted by atomic mass is 32.2. The van der Waals surface area contributed by atoms with E-state index in [1.165, 1.54) is 11.1 Å². The van der Waals surface area contributed by atoms with E-state index in [2.05, 4.69) is 17.4 Å². The first-order valence-electron chi connectivity index (χ1n) is 7.66. The van der Waals surface area contributed by atoms with Gasteiger partial charge in [-0.1, -0.05) is 24.3 Å². The second-order valence-electron chi connectivity index (χ2n) is 6.56. The van der Waals surface area contributed by atoms with Gasteiger partial charge in [-0.05, 0) is 38.3 Å². The number of alkyl carbamates (subject to hydrolysis) is 1. The lowest BCUT2D eigenvalue weighted by atomic mass is 10.0. The summed E-state index contributed by atoms with van der Waals surface area (Å²) in [6.07, 6.45) is 0.474. The molecule has 2 atom stereocenters. The van der Waals surface area contributed by atoms with Gasteiger partial charge in [0.2, 0.25) is 0 Å². The van der Waals surface area contributed by atoms with Crippen molar-refractivity contribution in [3.05, 3.63) is 35.4 Å². The molecule has 1 aromatic carbocycles. The topological polar surface area (TPSA) is 58.6 Å². The van der Waals surface area contributed by atoms with Crippen LogP contribution in [0.2, 0.25) is 0 Å². The Balaban J connectivity index is 2.04. The van der Waals surface area contributed by atoms with Crippen LogP contribution in [0.5, 0.6) is 0 Å². The highest BCUT2D eigenvalue weighted by Gasteiger charge is 2.34. The van der Waals surface area contributed by atoms with Gasteiger partial charge in [0.25, 0.3) is 0 Å². The third-order valence-corrected chi connectivity index (χ3v) is 4.68. The number of aliphatic hydroxyl groups is 1. The predicted octanol–water partition coefficient (Wildman–Crippen LogP) is 2.95. The first-order valence-corrected chi connectivity index (χ1v) is 8.82. The number of hydrogen-bond acceptors (Lipinski definition) is 4. The van der Waals surface area contributed by atoms with E-state index in [1.54, 1.807) is 11.8 Å². The van der Waals surface area contributed by atoms with E-state index in [1.807, 2.05) is 32.9 Å². The summed E-state index contributed by atoms with van der Waals surface area (Å²) in [5, 5.41) is 12.0. The summed E-state index contributed by atoms with van der Waals surface area (Å²) < 4.78 is 5.38. The maximum atomic E-state index is 12.1. The number of nitrogens with one attached hydrogen (secondary N) is 1. The summed E-state index contributed by atoms with van der Waals surface area (Å²) in [6.45, 7) is 5.78. The van der Waals surface area contributed by atoms with E-state index < -0.39 is 5.60 Å². The van der Waals surface area contributed by atoms with E-state index in [0.717, 1.165) is 17.9 Å². The van der Waals surface area contributed by atoms with Crippen molar-refractivity contribution in [3.8, 4) is 0 Å². The molecule has 1 amide bonds. The Morgan fingerprint density at radius 2 is 2.14 bits per heavy atom. The van der Waals surface area contributed by atoms with Gasteiger partial charge in [0.15, 0.2) is 0 Å². The van der Waals surface area contributed by atoms with E-state index in [4.69, 9.17) is 9.84 Å². The van der Waals surface area contributed by atoms with Crippen molar-refractivity contribution in [2.75, 3.05) is 18.1 Å². The number of rotatable bonds is 5. The van der Waals surface area contributed by atoms with Crippen molar-refractivity contribution < 1.29 is 14.6 Å². The fraction of sp³-hybridized carbons (Fsp3) is 0.588. The maximum Gasteiger partial charge on any atom is 0.407 e. The Labute approximate surface area is 136 Å². The van der Waals surface area contributed by atoms with Crippen molar-refractivity contribution in [3.63, 3.8) is 0 Å². The molecule has 0 bridgehead atoms. The van der Waals surface area contributed by atoms with Crippen LogP contribution in [0.4, 0.5) is 4.79 Å². The Bertz CT molecular complexity index is 513. The number of thioether (sulfide) groups is 1. The molecule has 4 nitrogen and oxygen atoms in total. The summed E-state index contributed by atoms with van der Waals surface area (Å²) in [5.41, 5.74) is 2.10. The minimum atomic E-state index is -0.489. The summed E-state index contributed by atoms with van der Waals surface area (Å²) in [4.78, 5) is 12.1. The predicted molar refractivity (Wildman–Crippen MR) is 90.5 cm³/mol. The van der Waals surface area contributed by atoms with Gasteiger partial charge in [-0.15, -0.1) is 0 Å². The molecule has 0 aliphatic heterocycles. The van der Waals surface area contributed by atoms with Crippen molar-refractivity contribution in [2.45, 2.75) is 44.8 Å². The largest absolute Gasteiger partial charge is 0.444 e. The quantitative estimate of drug-likeness (QED) is 0.818. The summed E-state index contributed by atoms with van der Waals surface area (Å²) >= 11 is 1.72. The lowest BCUT2D eigenvalue weighted by Crippen LogP contribution is -2.41. The summed E-state index contributed by atoms with van der Waals surface area (Å²) in [6, 6.07) is 8.38. The molecular weight excluding hydrogens is 298 g/mol. The molecule has 0 heterocycles. The fourth-order valence-electron chi connectivity index (χ4n) is 2.77. The number of carbonyl (C=O) groups excluding carboxylic acids is 1. The minimum Gasteiger partial charge on any atom is -0.444 e. The normalized spacial score (nSPS) is 20.5. The third kappa shape index (κ3) is 4.65. The lowest BCUT2D eigenvalue weighted by molar-refractivity contribution is 0.0501. The first-order chi connectivity index (χ1) is 10.4. The highest BCUT2D eigenvalue weighted by molar-refractivity contribution is 7.99. The van der Waals surface area contributed by atoms with Gasteiger partial charge in [0.1, 0.15) is 5.60 Å². The molecule has 0 saturated carbocycles. The van der Waals surface area contributed by atoms with Crippen LogP contribution in [-0.2, 0) is 11.2 Å². The van der Waals surface area contributed by atoms with E-state index in [9.17, 15) is 4.79 Å². The molecule has 1 aliphatic carbocycles. The molecule has 122 valence electrons. The van der Waals surface area contributed by atoms with E-state index in [-0.39, 0.29) is 24.7 Å². The molecule has 0 saturated heterocycles. The molecule has 22 heavy (non-hydrogen) atoms. The lowest BCUT2D eigenvalue weighted by Gasteiger charge is -2.25. The van der Waals surface area contributed by atoms with Gasteiger partial charge in [-0.2, -0.15) is 11.8 Å². The molecule has 1 aliphatic rings. The third-order valence-electron chi connectivity index (χ3n) is 3.62. The molecule has 0 spiro atoms. The van der Waals surface area contributed by atoms with Crippen LogP contribution in [0.25, 0.3) is 0 Å². The van der Waals surface area contributed by atoms with Gasteiger partial charge < -0.3 is 15.2 Å². The van der Waals surface area contributed by atoms with Crippen LogP contribution >= 0.6 is 11.8 Å². The van der Waals surface area contributed by atoms with Gasteiger partial charge in [-0.25, -0.2) is 4.79 Å².